The van der Waals surface area contributed by atoms with Crippen molar-refractivity contribution in [1.29, 1.82) is 0 Å². The number of nitrogens with zero attached hydrogens (tertiary/aromatic N) is 2. The highest BCUT2D eigenvalue weighted by molar-refractivity contribution is 7.21. The minimum atomic E-state index is -0.0889. The van der Waals surface area contributed by atoms with Gasteiger partial charge in [-0.2, -0.15) is 0 Å². The lowest BCUT2D eigenvalue weighted by molar-refractivity contribution is 0.0383. The normalized spacial score (nSPS) is 18.5. The predicted octanol–water partition coefficient (Wildman–Crippen LogP) is 2.21. The van der Waals surface area contributed by atoms with Crippen LogP contribution in [0.25, 0.3) is 10.2 Å². The average Bonchev–Trinajstić information content (AvgIpc) is 2.82. The molecule has 1 aliphatic carbocycles. The van der Waals surface area contributed by atoms with Gasteiger partial charge in [-0.25, -0.2) is 4.98 Å². The first-order valence-electron chi connectivity index (χ1n) is 9.51. The number of nitrogens with one attached hydrogen (secondary N) is 1. The summed E-state index contributed by atoms with van der Waals surface area (Å²) < 4.78 is 5.34. The summed E-state index contributed by atoms with van der Waals surface area (Å²) in [6.07, 6.45) is 5.76. The van der Waals surface area contributed by atoms with Crippen molar-refractivity contribution in [2.24, 2.45) is 0 Å². The molecule has 0 bridgehead atoms. The fraction of sp³-hybridized carbons (Fsp3) is 0.579. The average molecular weight is 375 g/mol. The van der Waals surface area contributed by atoms with Crippen LogP contribution in [0.4, 0.5) is 5.69 Å². The highest BCUT2D eigenvalue weighted by Crippen LogP contribution is 2.35. The van der Waals surface area contributed by atoms with Gasteiger partial charge in [0.05, 0.1) is 18.9 Å². The van der Waals surface area contributed by atoms with Crippen LogP contribution in [-0.4, -0.2) is 55.2 Å². The Bertz CT molecular complexity index is 798. The van der Waals surface area contributed by atoms with Crippen LogP contribution in [0, 0.1) is 0 Å². The molecule has 2 aromatic rings. The van der Waals surface area contributed by atoms with E-state index in [1.807, 2.05) is 0 Å². The molecule has 0 saturated carbocycles. The van der Waals surface area contributed by atoms with E-state index in [0.29, 0.717) is 17.1 Å². The van der Waals surface area contributed by atoms with Gasteiger partial charge in [-0.3, -0.25) is 9.69 Å². The summed E-state index contributed by atoms with van der Waals surface area (Å²) in [6.45, 7) is 4.86. The van der Waals surface area contributed by atoms with E-state index in [0.717, 1.165) is 55.9 Å². The van der Waals surface area contributed by atoms with Gasteiger partial charge >= 0.3 is 0 Å². The van der Waals surface area contributed by atoms with Crippen molar-refractivity contribution in [3.05, 3.63) is 22.2 Å². The van der Waals surface area contributed by atoms with E-state index < -0.39 is 0 Å². The maximum absolute atomic E-state index is 12.6. The summed E-state index contributed by atoms with van der Waals surface area (Å²) in [5, 5.41) is 3.95. The van der Waals surface area contributed by atoms with Crippen molar-refractivity contribution >= 4 is 33.1 Å². The number of aryl methyl sites for hydroxylation is 2. The zero-order valence-corrected chi connectivity index (χ0v) is 15.9. The number of morpholine rings is 1. The Labute approximate surface area is 157 Å². The molecule has 0 unspecified atom stereocenters. The fourth-order valence-electron chi connectivity index (χ4n) is 3.74. The van der Waals surface area contributed by atoms with E-state index in [4.69, 9.17) is 15.5 Å². The van der Waals surface area contributed by atoms with Crippen LogP contribution in [-0.2, 0) is 17.6 Å². The quantitative estimate of drug-likeness (QED) is 0.802. The molecular weight excluding hydrogens is 348 g/mol. The number of carbonyl (C=O) groups excluding carboxylic acids is 1. The predicted molar refractivity (Wildman–Crippen MR) is 105 cm³/mol. The molecule has 6 nitrogen and oxygen atoms in total. The molecule has 4 rings (SSSR count). The highest BCUT2D eigenvalue weighted by Gasteiger charge is 2.20. The molecule has 26 heavy (non-hydrogen) atoms. The lowest BCUT2D eigenvalue weighted by Gasteiger charge is -2.26. The number of pyridine rings is 1. The van der Waals surface area contributed by atoms with Crippen molar-refractivity contribution in [2.75, 3.05) is 45.1 Å². The Balaban J connectivity index is 1.47. The minimum absolute atomic E-state index is 0.0889. The van der Waals surface area contributed by atoms with Crippen LogP contribution in [0.15, 0.2) is 6.07 Å². The van der Waals surface area contributed by atoms with E-state index in [2.05, 4.69) is 16.3 Å². The third-order valence-electron chi connectivity index (χ3n) is 5.27. The van der Waals surface area contributed by atoms with Crippen LogP contribution in [0.1, 0.15) is 40.2 Å². The second-order valence-corrected chi connectivity index (χ2v) is 8.06. The SMILES string of the molecule is Nc1c(C(=O)NCCN2CCOCC2)sc2nc3c(cc12)CCCCC3. The van der Waals surface area contributed by atoms with E-state index in [1.165, 1.54) is 41.9 Å². The van der Waals surface area contributed by atoms with Gasteiger partial charge in [0, 0.05) is 37.3 Å². The zero-order valence-electron chi connectivity index (χ0n) is 15.1. The Morgan fingerprint density at radius 2 is 2.08 bits per heavy atom. The molecule has 0 spiro atoms. The minimum Gasteiger partial charge on any atom is -0.397 e. The third kappa shape index (κ3) is 3.70. The Morgan fingerprint density at radius 3 is 2.92 bits per heavy atom. The zero-order chi connectivity index (χ0) is 17.9. The maximum atomic E-state index is 12.6. The van der Waals surface area contributed by atoms with Crippen LogP contribution in [0.5, 0.6) is 0 Å². The summed E-state index contributed by atoms with van der Waals surface area (Å²) in [5.41, 5.74) is 9.38. The Morgan fingerprint density at radius 1 is 1.27 bits per heavy atom. The van der Waals surface area contributed by atoms with Gasteiger partial charge in [-0.1, -0.05) is 6.42 Å². The molecule has 3 N–H and O–H groups in total. The van der Waals surface area contributed by atoms with E-state index in [1.54, 1.807) is 0 Å². The van der Waals surface area contributed by atoms with Gasteiger partial charge in [-0.05, 0) is 37.3 Å². The number of hydrogen-bond acceptors (Lipinski definition) is 6. The largest absolute Gasteiger partial charge is 0.397 e. The summed E-state index contributed by atoms with van der Waals surface area (Å²) in [6, 6.07) is 2.17. The second kappa shape index (κ2) is 7.90. The van der Waals surface area contributed by atoms with Crippen molar-refractivity contribution in [2.45, 2.75) is 32.1 Å². The first kappa shape index (κ1) is 17.7. The fourth-order valence-corrected chi connectivity index (χ4v) is 4.75. The number of ether oxygens (including phenoxy) is 1. The highest BCUT2D eigenvalue weighted by atomic mass is 32.1. The first-order valence-corrected chi connectivity index (χ1v) is 10.3. The number of aromatic nitrogens is 1. The molecule has 140 valence electrons. The topological polar surface area (TPSA) is 80.5 Å². The van der Waals surface area contributed by atoms with E-state index >= 15 is 0 Å². The molecule has 0 atom stereocenters. The molecule has 2 aliphatic rings. The van der Waals surface area contributed by atoms with Gasteiger partial charge in [0.15, 0.2) is 0 Å². The summed E-state index contributed by atoms with van der Waals surface area (Å²) in [5.74, 6) is -0.0889. The van der Waals surface area contributed by atoms with Gasteiger partial charge in [0.2, 0.25) is 0 Å². The Kier molecular flexibility index (Phi) is 5.38. The molecule has 1 aliphatic heterocycles. The van der Waals surface area contributed by atoms with Crippen molar-refractivity contribution in [3.63, 3.8) is 0 Å². The summed E-state index contributed by atoms with van der Waals surface area (Å²) >= 11 is 1.42. The molecule has 1 saturated heterocycles. The van der Waals surface area contributed by atoms with Crippen LogP contribution in [0.3, 0.4) is 0 Å². The molecule has 3 heterocycles. The molecule has 0 radical (unpaired) electrons. The number of rotatable bonds is 4. The van der Waals surface area contributed by atoms with Crippen molar-refractivity contribution < 1.29 is 9.53 Å². The molecule has 1 amide bonds. The number of hydrogen-bond donors (Lipinski definition) is 2. The number of amides is 1. The van der Waals surface area contributed by atoms with Gasteiger partial charge in [0.1, 0.15) is 9.71 Å². The van der Waals surface area contributed by atoms with E-state index in [-0.39, 0.29) is 5.91 Å². The summed E-state index contributed by atoms with van der Waals surface area (Å²) in [4.78, 5) is 21.2. The molecule has 0 aromatic carbocycles. The maximum Gasteiger partial charge on any atom is 0.263 e. The lowest BCUT2D eigenvalue weighted by Crippen LogP contribution is -2.41. The number of nitrogens with two attached hydrogens (primary N) is 1. The van der Waals surface area contributed by atoms with Gasteiger partial charge in [-0.15, -0.1) is 11.3 Å². The number of carbonyl (C=O) groups is 1. The number of anilines is 1. The first-order chi connectivity index (χ1) is 12.7. The van der Waals surface area contributed by atoms with Gasteiger partial charge in [0.25, 0.3) is 5.91 Å². The van der Waals surface area contributed by atoms with Crippen LogP contribution < -0.4 is 11.1 Å². The van der Waals surface area contributed by atoms with Crippen LogP contribution >= 0.6 is 11.3 Å². The van der Waals surface area contributed by atoms with Crippen molar-refractivity contribution in [1.82, 2.24) is 15.2 Å². The second-order valence-electron chi connectivity index (χ2n) is 7.06. The number of nitrogen functional groups attached to an aromatic ring is 1. The monoisotopic (exact) mass is 374 g/mol. The summed E-state index contributed by atoms with van der Waals surface area (Å²) in [7, 11) is 0. The molecule has 1 fully saturated rings. The lowest BCUT2D eigenvalue weighted by atomic mass is 10.1. The van der Waals surface area contributed by atoms with Crippen molar-refractivity contribution in [3.8, 4) is 0 Å². The molecular formula is C19H26N4O2S. The number of fused-ring (bicyclic) bond motifs is 2. The van der Waals surface area contributed by atoms with E-state index in [9.17, 15) is 4.79 Å². The standard InChI is InChI=1S/C19H26N4O2S/c20-16-14-12-13-4-2-1-3-5-15(13)22-19(14)26-17(16)18(24)21-6-7-23-8-10-25-11-9-23/h12H,1-11,20H2,(H,21,24). The smallest absolute Gasteiger partial charge is 0.263 e. The van der Waals surface area contributed by atoms with Crippen LogP contribution in [0.2, 0.25) is 0 Å². The van der Waals surface area contributed by atoms with Gasteiger partial charge < -0.3 is 15.8 Å². The number of thiophene rings is 1. The molecule has 2 aromatic heterocycles. The Hall–Kier alpha value is -1.70. The molecule has 7 heteroatoms. The third-order valence-corrected chi connectivity index (χ3v) is 6.39.